The van der Waals surface area contributed by atoms with E-state index in [2.05, 4.69) is 10.1 Å². The molecule has 1 aliphatic carbocycles. The minimum atomic E-state index is -4.40. The van der Waals surface area contributed by atoms with Gasteiger partial charge < -0.3 is 4.90 Å². The first kappa shape index (κ1) is 13.8. The number of carbonyl (C=O) groups is 1. The number of rotatable bonds is 3. The minimum absolute atomic E-state index is 0.0448. The third-order valence-electron chi connectivity index (χ3n) is 3.95. The van der Waals surface area contributed by atoms with Crippen LogP contribution < -0.4 is 0 Å². The molecule has 2 heterocycles. The molecule has 1 amide bonds. The van der Waals surface area contributed by atoms with Crippen LogP contribution in [-0.4, -0.2) is 44.3 Å². The maximum atomic E-state index is 13.0. The Labute approximate surface area is 118 Å². The first-order valence-electron chi connectivity index (χ1n) is 6.45. The fourth-order valence-corrected chi connectivity index (χ4v) is 2.43. The highest BCUT2D eigenvalue weighted by Gasteiger charge is 2.67. The van der Waals surface area contributed by atoms with Gasteiger partial charge in [-0.1, -0.05) is 0 Å². The number of pyridine rings is 1. The molecule has 8 heteroatoms. The molecule has 3 rings (SSSR count). The number of fused-ring (bicyclic) bond motifs is 1. The van der Waals surface area contributed by atoms with E-state index in [9.17, 15) is 18.0 Å². The Morgan fingerprint density at radius 3 is 2.81 bits per heavy atom. The van der Waals surface area contributed by atoms with Crippen molar-refractivity contribution < 1.29 is 18.0 Å². The second kappa shape index (κ2) is 4.44. The lowest BCUT2D eigenvalue weighted by molar-refractivity contribution is -0.197. The van der Waals surface area contributed by atoms with Gasteiger partial charge in [-0.25, -0.2) is 9.67 Å². The van der Waals surface area contributed by atoms with Crippen molar-refractivity contribution in [1.29, 1.82) is 0 Å². The van der Waals surface area contributed by atoms with Crippen LogP contribution >= 0.6 is 0 Å². The van der Waals surface area contributed by atoms with Crippen LogP contribution in [-0.2, 0) is 11.3 Å². The van der Waals surface area contributed by atoms with Crippen LogP contribution in [0.4, 0.5) is 13.2 Å². The highest BCUT2D eigenvalue weighted by atomic mass is 19.4. The summed E-state index contributed by atoms with van der Waals surface area (Å²) >= 11 is 0. The summed E-state index contributed by atoms with van der Waals surface area (Å²) < 4.78 is 40.3. The standard InChI is InChI=1S/C13H13F3N4O/c1-19(12(4-5-12)13(14,15)16)10(21)8-20-11-9(7-18-20)3-2-6-17-11/h2-3,6-7H,4-5,8H2,1H3. The smallest absolute Gasteiger partial charge is 0.329 e. The maximum absolute atomic E-state index is 13.0. The molecule has 2 aromatic rings. The topological polar surface area (TPSA) is 51.0 Å². The zero-order valence-corrected chi connectivity index (χ0v) is 11.3. The van der Waals surface area contributed by atoms with Crippen LogP contribution in [0.3, 0.4) is 0 Å². The number of nitrogens with zero attached hydrogens (tertiary/aromatic N) is 4. The monoisotopic (exact) mass is 298 g/mol. The van der Waals surface area contributed by atoms with E-state index in [-0.39, 0.29) is 19.4 Å². The summed E-state index contributed by atoms with van der Waals surface area (Å²) in [5.41, 5.74) is -1.52. The first-order valence-corrected chi connectivity index (χ1v) is 6.45. The first-order chi connectivity index (χ1) is 9.85. The van der Waals surface area contributed by atoms with Crippen LogP contribution in [0.25, 0.3) is 11.0 Å². The van der Waals surface area contributed by atoms with Gasteiger partial charge in [-0.3, -0.25) is 4.79 Å². The van der Waals surface area contributed by atoms with Gasteiger partial charge in [-0.2, -0.15) is 18.3 Å². The molecule has 0 unspecified atom stereocenters. The molecule has 0 spiro atoms. The van der Waals surface area contributed by atoms with Crippen LogP contribution in [0.5, 0.6) is 0 Å². The second-order valence-corrected chi connectivity index (χ2v) is 5.20. The van der Waals surface area contributed by atoms with Gasteiger partial charge in [0.05, 0.1) is 6.20 Å². The second-order valence-electron chi connectivity index (χ2n) is 5.20. The van der Waals surface area contributed by atoms with E-state index in [1.165, 1.54) is 17.9 Å². The Kier molecular flexibility index (Phi) is 2.93. The summed E-state index contributed by atoms with van der Waals surface area (Å²) in [6.07, 6.45) is -1.41. The molecular formula is C13H13F3N4O. The van der Waals surface area contributed by atoms with Crippen LogP contribution in [0.1, 0.15) is 12.8 Å². The molecule has 0 N–H and O–H groups in total. The van der Waals surface area contributed by atoms with E-state index in [1.807, 2.05) is 0 Å². The normalized spacial score (nSPS) is 17.0. The van der Waals surface area contributed by atoms with Crippen molar-refractivity contribution in [3.8, 4) is 0 Å². The molecule has 0 aliphatic heterocycles. The third kappa shape index (κ3) is 2.14. The Balaban J connectivity index is 1.81. The molecule has 5 nitrogen and oxygen atoms in total. The zero-order chi connectivity index (χ0) is 15.3. The van der Waals surface area contributed by atoms with E-state index in [4.69, 9.17) is 0 Å². The third-order valence-corrected chi connectivity index (χ3v) is 3.95. The quantitative estimate of drug-likeness (QED) is 0.870. The van der Waals surface area contributed by atoms with E-state index in [0.717, 1.165) is 10.3 Å². The largest absolute Gasteiger partial charge is 0.411 e. The summed E-state index contributed by atoms with van der Waals surface area (Å²) in [7, 11) is 1.20. The van der Waals surface area contributed by atoms with Gasteiger partial charge in [-0.15, -0.1) is 0 Å². The molecule has 0 saturated heterocycles. The predicted octanol–water partition coefficient (Wildman–Crippen LogP) is 1.98. The van der Waals surface area contributed by atoms with Crippen molar-refractivity contribution in [3.63, 3.8) is 0 Å². The molecule has 0 aromatic carbocycles. The summed E-state index contributed by atoms with van der Waals surface area (Å²) in [6.45, 7) is -0.255. The summed E-state index contributed by atoms with van der Waals surface area (Å²) in [6, 6.07) is 3.50. The van der Waals surface area contributed by atoms with Gasteiger partial charge >= 0.3 is 6.18 Å². The lowest BCUT2D eigenvalue weighted by Crippen LogP contribution is -2.50. The van der Waals surface area contributed by atoms with Gasteiger partial charge in [0.1, 0.15) is 12.1 Å². The SMILES string of the molecule is CN(C(=O)Cn1ncc2cccnc21)C1(C(F)(F)F)CC1. The number of alkyl halides is 3. The van der Waals surface area contributed by atoms with Gasteiger partial charge in [0.2, 0.25) is 5.91 Å². The van der Waals surface area contributed by atoms with Crippen molar-refractivity contribution in [3.05, 3.63) is 24.5 Å². The Morgan fingerprint density at radius 1 is 1.48 bits per heavy atom. The molecule has 1 saturated carbocycles. The number of amides is 1. The van der Waals surface area contributed by atoms with Crippen LogP contribution in [0.2, 0.25) is 0 Å². The molecule has 0 radical (unpaired) electrons. The molecule has 21 heavy (non-hydrogen) atoms. The molecule has 0 atom stereocenters. The van der Waals surface area contributed by atoms with Gasteiger partial charge in [-0.05, 0) is 25.0 Å². The number of hydrogen-bond donors (Lipinski definition) is 0. The van der Waals surface area contributed by atoms with Crippen LogP contribution in [0, 0.1) is 0 Å². The van der Waals surface area contributed by atoms with Crippen LogP contribution in [0.15, 0.2) is 24.5 Å². The highest BCUT2D eigenvalue weighted by molar-refractivity contribution is 5.80. The summed E-state index contributed by atoms with van der Waals surface area (Å²) in [5, 5.41) is 4.75. The van der Waals surface area contributed by atoms with Crippen molar-refractivity contribution >= 4 is 16.9 Å². The lowest BCUT2D eigenvalue weighted by Gasteiger charge is -2.30. The lowest BCUT2D eigenvalue weighted by atomic mass is 10.2. The van der Waals surface area contributed by atoms with Crippen molar-refractivity contribution in [2.75, 3.05) is 7.05 Å². The van der Waals surface area contributed by atoms with Crippen molar-refractivity contribution in [2.45, 2.75) is 31.1 Å². The highest BCUT2D eigenvalue weighted by Crippen LogP contribution is 2.53. The Morgan fingerprint density at radius 2 is 2.19 bits per heavy atom. The number of likely N-dealkylation sites (N-methyl/N-ethyl adjacent to an activating group) is 1. The number of aromatic nitrogens is 3. The van der Waals surface area contributed by atoms with Gasteiger partial charge in [0, 0.05) is 18.6 Å². The molecule has 1 aliphatic rings. The fourth-order valence-electron chi connectivity index (χ4n) is 2.43. The van der Waals surface area contributed by atoms with E-state index in [0.29, 0.717) is 5.65 Å². The fraction of sp³-hybridized carbons (Fsp3) is 0.462. The molecule has 2 aromatic heterocycles. The van der Waals surface area contributed by atoms with Gasteiger partial charge in [0.15, 0.2) is 5.65 Å². The number of carbonyl (C=O) groups excluding carboxylic acids is 1. The minimum Gasteiger partial charge on any atom is -0.329 e. The summed E-state index contributed by atoms with van der Waals surface area (Å²) in [4.78, 5) is 17.0. The van der Waals surface area contributed by atoms with Crippen molar-refractivity contribution in [2.24, 2.45) is 0 Å². The number of halogens is 3. The molecule has 0 bridgehead atoms. The Hall–Kier alpha value is -2.12. The van der Waals surface area contributed by atoms with Gasteiger partial charge in [0.25, 0.3) is 0 Å². The van der Waals surface area contributed by atoms with E-state index in [1.54, 1.807) is 18.3 Å². The average Bonchev–Trinajstić information content (AvgIpc) is 3.16. The zero-order valence-electron chi connectivity index (χ0n) is 11.3. The summed E-state index contributed by atoms with van der Waals surface area (Å²) in [5.74, 6) is -0.625. The predicted molar refractivity (Wildman–Crippen MR) is 68.3 cm³/mol. The maximum Gasteiger partial charge on any atom is 0.411 e. The molecule has 1 fully saturated rings. The molecule has 112 valence electrons. The average molecular weight is 298 g/mol. The Bertz CT molecular complexity index is 690. The molecular weight excluding hydrogens is 285 g/mol. The van der Waals surface area contributed by atoms with Crippen molar-refractivity contribution in [1.82, 2.24) is 19.7 Å². The number of hydrogen-bond acceptors (Lipinski definition) is 3. The van der Waals surface area contributed by atoms with E-state index < -0.39 is 17.6 Å². The van der Waals surface area contributed by atoms with E-state index >= 15 is 0 Å².